The standard InChI is InChI=1S/C14H21Cl2NO3/c1-10(2)19-6-5-17-8-11(18)9-20-12-3-4-13(15)14(16)7-12/h3-4,7,10-11,17-18H,5-6,8-9H2,1-2H3. The fraction of sp³-hybridized carbons (Fsp3) is 0.571. The number of nitrogens with one attached hydrogen (secondary N) is 1. The van der Waals surface area contributed by atoms with Crippen molar-refractivity contribution < 1.29 is 14.6 Å². The van der Waals surface area contributed by atoms with E-state index in [2.05, 4.69) is 5.32 Å². The van der Waals surface area contributed by atoms with Gasteiger partial charge in [0.25, 0.3) is 0 Å². The largest absolute Gasteiger partial charge is 0.491 e. The highest BCUT2D eigenvalue weighted by molar-refractivity contribution is 6.42. The first-order valence-electron chi connectivity index (χ1n) is 6.57. The van der Waals surface area contributed by atoms with Crippen molar-refractivity contribution in [2.45, 2.75) is 26.1 Å². The minimum atomic E-state index is -0.594. The van der Waals surface area contributed by atoms with Gasteiger partial charge in [0.15, 0.2) is 0 Å². The number of hydrogen-bond donors (Lipinski definition) is 2. The summed E-state index contributed by atoms with van der Waals surface area (Å²) >= 11 is 11.7. The molecule has 1 atom stereocenters. The predicted octanol–water partition coefficient (Wildman–Crippen LogP) is 2.75. The van der Waals surface area contributed by atoms with Gasteiger partial charge in [0.2, 0.25) is 0 Å². The smallest absolute Gasteiger partial charge is 0.121 e. The van der Waals surface area contributed by atoms with Crippen LogP contribution in [0.15, 0.2) is 18.2 Å². The minimum absolute atomic E-state index is 0.190. The maximum atomic E-state index is 9.76. The second kappa shape index (κ2) is 9.42. The Morgan fingerprint density at radius 1 is 1.25 bits per heavy atom. The number of ether oxygens (including phenoxy) is 2. The van der Waals surface area contributed by atoms with Gasteiger partial charge in [-0.15, -0.1) is 0 Å². The monoisotopic (exact) mass is 321 g/mol. The van der Waals surface area contributed by atoms with Crippen LogP contribution in [0.2, 0.25) is 10.0 Å². The second-order valence-corrected chi connectivity index (χ2v) is 5.48. The highest BCUT2D eigenvalue weighted by Crippen LogP contribution is 2.26. The predicted molar refractivity (Wildman–Crippen MR) is 81.9 cm³/mol. The van der Waals surface area contributed by atoms with Gasteiger partial charge in [-0.3, -0.25) is 0 Å². The zero-order chi connectivity index (χ0) is 15.0. The van der Waals surface area contributed by atoms with Gasteiger partial charge in [-0.2, -0.15) is 0 Å². The van der Waals surface area contributed by atoms with E-state index in [4.69, 9.17) is 32.7 Å². The maximum Gasteiger partial charge on any atom is 0.121 e. The van der Waals surface area contributed by atoms with Gasteiger partial charge >= 0.3 is 0 Å². The molecule has 0 aromatic heterocycles. The number of hydrogen-bond acceptors (Lipinski definition) is 4. The Morgan fingerprint density at radius 3 is 2.65 bits per heavy atom. The fourth-order valence-electron chi connectivity index (χ4n) is 1.45. The topological polar surface area (TPSA) is 50.7 Å². The third-order valence-corrected chi connectivity index (χ3v) is 3.18. The number of benzene rings is 1. The molecule has 0 aliphatic carbocycles. The lowest BCUT2D eigenvalue weighted by atomic mass is 10.3. The molecule has 1 rings (SSSR count). The summed E-state index contributed by atoms with van der Waals surface area (Å²) < 4.78 is 10.8. The van der Waals surface area contributed by atoms with Crippen LogP contribution in [-0.4, -0.2) is 43.6 Å². The summed E-state index contributed by atoms with van der Waals surface area (Å²) in [5.41, 5.74) is 0. The summed E-state index contributed by atoms with van der Waals surface area (Å²) in [6.45, 7) is 5.93. The van der Waals surface area contributed by atoms with Gasteiger partial charge in [-0.05, 0) is 26.0 Å². The van der Waals surface area contributed by atoms with E-state index in [9.17, 15) is 5.11 Å². The average Bonchev–Trinajstić information content (AvgIpc) is 2.39. The van der Waals surface area contributed by atoms with Crippen molar-refractivity contribution in [3.8, 4) is 5.75 Å². The summed E-state index contributed by atoms with van der Waals surface area (Å²) in [5.74, 6) is 0.585. The SMILES string of the molecule is CC(C)OCCNCC(O)COc1ccc(Cl)c(Cl)c1. The average molecular weight is 322 g/mol. The first-order valence-corrected chi connectivity index (χ1v) is 7.33. The minimum Gasteiger partial charge on any atom is -0.491 e. The molecule has 0 saturated heterocycles. The van der Waals surface area contributed by atoms with Crippen LogP contribution in [0.3, 0.4) is 0 Å². The lowest BCUT2D eigenvalue weighted by Gasteiger charge is -2.14. The summed E-state index contributed by atoms with van der Waals surface area (Å²) in [6, 6.07) is 5.00. The number of aliphatic hydroxyl groups is 1. The molecule has 0 heterocycles. The quantitative estimate of drug-likeness (QED) is 0.687. The van der Waals surface area contributed by atoms with Gasteiger partial charge in [-0.25, -0.2) is 0 Å². The molecule has 4 nitrogen and oxygen atoms in total. The molecule has 1 aromatic rings. The summed E-state index contributed by atoms with van der Waals surface area (Å²) in [6.07, 6.45) is -0.372. The molecular weight excluding hydrogens is 301 g/mol. The van der Waals surface area contributed by atoms with Crippen molar-refractivity contribution in [2.75, 3.05) is 26.3 Å². The first kappa shape index (κ1) is 17.5. The van der Waals surface area contributed by atoms with Crippen LogP contribution < -0.4 is 10.1 Å². The third kappa shape index (κ3) is 7.31. The highest BCUT2D eigenvalue weighted by atomic mass is 35.5. The van der Waals surface area contributed by atoms with E-state index in [1.807, 2.05) is 13.8 Å². The molecule has 0 saturated carbocycles. The van der Waals surface area contributed by atoms with Gasteiger partial charge < -0.3 is 19.9 Å². The maximum absolute atomic E-state index is 9.76. The van der Waals surface area contributed by atoms with Crippen LogP contribution in [0.5, 0.6) is 5.75 Å². The van der Waals surface area contributed by atoms with E-state index in [1.165, 1.54) is 0 Å². The van der Waals surface area contributed by atoms with E-state index >= 15 is 0 Å². The zero-order valence-electron chi connectivity index (χ0n) is 11.7. The molecule has 0 aliphatic rings. The van der Waals surface area contributed by atoms with Crippen LogP contribution in [0.25, 0.3) is 0 Å². The molecule has 0 aliphatic heterocycles. The van der Waals surface area contributed by atoms with Crippen LogP contribution in [0.1, 0.15) is 13.8 Å². The Morgan fingerprint density at radius 2 is 2.00 bits per heavy atom. The van der Waals surface area contributed by atoms with Crippen LogP contribution in [0.4, 0.5) is 0 Å². The molecule has 2 N–H and O–H groups in total. The van der Waals surface area contributed by atoms with Crippen molar-refractivity contribution >= 4 is 23.2 Å². The summed E-state index contributed by atoms with van der Waals surface area (Å²) in [4.78, 5) is 0. The number of rotatable bonds is 9. The van der Waals surface area contributed by atoms with Crippen LogP contribution in [-0.2, 0) is 4.74 Å². The van der Waals surface area contributed by atoms with Gasteiger partial charge in [0.05, 0.1) is 22.8 Å². The molecule has 0 amide bonds. The molecule has 0 radical (unpaired) electrons. The molecule has 6 heteroatoms. The molecule has 0 spiro atoms. The van der Waals surface area contributed by atoms with E-state index in [1.54, 1.807) is 18.2 Å². The van der Waals surface area contributed by atoms with Gasteiger partial charge in [-0.1, -0.05) is 23.2 Å². The molecule has 1 unspecified atom stereocenters. The highest BCUT2D eigenvalue weighted by Gasteiger charge is 2.06. The Bertz CT molecular complexity index is 402. The fourth-order valence-corrected chi connectivity index (χ4v) is 1.74. The Hall–Kier alpha value is -0.520. The van der Waals surface area contributed by atoms with Crippen molar-refractivity contribution in [3.05, 3.63) is 28.2 Å². The van der Waals surface area contributed by atoms with E-state index in [0.717, 1.165) is 0 Å². The van der Waals surface area contributed by atoms with Gasteiger partial charge in [0, 0.05) is 19.2 Å². The molecule has 0 bridgehead atoms. The van der Waals surface area contributed by atoms with Crippen molar-refractivity contribution in [1.29, 1.82) is 0 Å². The molecular formula is C14H21Cl2NO3. The van der Waals surface area contributed by atoms with Crippen LogP contribution in [0, 0.1) is 0 Å². The van der Waals surface area contributed by atoms with Crippen LogP contribution >= 0.6 is 23.2 Å². The Labute approximate surface area is 130 Å². The summed E-state index contributed by atoms with van der Waals surface area (Å²) in [7, 11) is 0. The molecule has 1 aromatic carbocycles. The van der Waals surface area contributed by atoms with Gasteiger partial charge in [0.1, 0.15) is 18.5 Å². The zero-order valence-corrected chi connectivity index (χ0v) is 13.2. The molecule has 20 heavy (non-hydrogen) atoms. The van der Waals surface area contributed by atoms with Crippen molar-refractivity contribution in [3.63, 3.8) is 0 Å². The Kier molecular flexibility index (Phi) is 8.26. The lowest BCUT2D eigenvalue weighted by Crippen LogP contribution is -2.33. The Balaban J connectivity index is 2.16. The third-order valence-electron chi connectivity index (χ3n) is 2.44. The van der Waals surface area contributed by atoms with E-state index in [0.29, 0.717) is 35.5 Å². The van der Waals surface area contributed by atoms with E-state index in [-0.39, 0.29) is 12.7 Å². The lowest BCUT2D eigenvalue weighted by molar-refractivity contribution is 0.0735. The number of aliphatic hydroxyl groups excluding tert-OH is 1. The first-order chi connectivity index (χ1) is 9.49. The normalized spacial score (nSPS) is 12.7. The van der Waals surface area contributed by atoms with Crippen molar-refractivity contribution in [1.82, 2.24) is 5.32 Å². The van der Waals surface area contributed by atoms with E-state index < -0.39 is 6.10 Å². The summed E-state index contributed by atoms with van der Waals surface area (Å²) in [5, 5.41) is 13.8. The second-order valence-electron chi connectivity index (χ2n) is 4.66. The van der Waals surface area contributed by atoms with Crippen molar-refractivity contribution in [2.24, 2.45) is 0 Å². The molecule has 0 fully saturated rings. The number of halogens is 2. The molecule has 114 valence electrons.